The number of aryl methyl sites for hydroxylation is 1. The number of nitrogens with zero attached hydrogens (tertiary/aromatic N) is 1. The van der Waals surface area contributed by atoms with E-state index >= 15 is 0 Å². The average molecular weight is 447 g/mol. The predicted molar refractivity (Wildman–Crippen MR) is 121 cm³/mol. The van der Waals surface area contributed by atoms with E-state index < -0.39 is 10.1 Å². The summed E-state index contributed by atoms with van der Waals surface area (Å²) in [6.07, 6.45) is 6.74. The highest BCUT2D eigenvalue weighted by Crippen LogP contribution is 2.48. The minimum absolute atomic E-state index is 0.0666. The molecule has 0 amide bonds. The van der Waals surface area contributed by atoms with Crippen molar-refractivity contribution in [1.29, 1.82) is 0 Å². The molecule has 0 spiro atoms. The van der Waals surface area contributed by atoms with Crippen LogP contribution in [0, 0.1) is 12.8 Å². The van der Waals surface area contributed by atoms with E-state index in [1.165, 1.54) is 17.7 Å². The topological polar surface area (TPSA) is 43.4 Å². The molecule has 0 radical (unpaired) electrons. The maximum Gasteiger partial charge on any atom is 0.342 e. The molecule has 1 aliphatic heterocycles. The average Bonchev–Trinajstić information content (AvgIpc) is 2.76. The third kappa shape index (κ3) is 4.33. The van der Waals surface area contributed by atoms with E-state index in [1.54, 1.807) is 23.9 Å². The van der Waals surface area contributed by atoms with Gasteiger partial charge in [0.2, 0.25) is 0 Å². The highest BCUT2D eigenvalue weighted by molar-refractivity contribution is 7.99. The van der Waals surface area contributed by atoms with Gasteiger partial charge in [-0.3, -0.25) is 0 Å². The third-order valence-corrected chi connectivity index (χ3v) is 9.49. The van der Waals surface area contributed by atoms with Crippen LogP contribution in [0.2, 0.25) is 0 Å². The Morgan fingerprint density at radius 2 is 1.67 bits per heavy atom. The van der Waals surface area contributed by atoms with Gasteiger partial charge in [0.05, 0.1) is 4.90 Å². The largest absolute Gasteiger partial charge is 0.342 e. The molecule has 2 aromatic carbocycles. The number of rotatable bonds is 6. The minimum Gasteiger partial charge on any atom is -0.189 e. The summed E-state index contributed by atoms with van der Waals surface area (Å²) in [5.41, 5.74) is 1.04. The molecular weight excluding hydrogens is 414 g/mol. The second-order valence-electron chi connectivity index (χ2n) is 8.59. The first-order chi connectivity index (χ1) is 14.4. The third-order valence-electron chi connectivity index (χ3n) is 6.76. The summed E-state index contributed by atoms with van der Waals surface area (Å²) in [6, 6.07) is 17.5. The van der Waals surface area contributed by atoms with E-state index in [1.807, 2.05) is 37.3 Å². The molecule has 0 aromatic heterocycles. The molecule has 162 valence electrons. The van der Waals surface area contributed by atoms with Crippen molar-refractivity contribution < 1.29 is 17.3 Å². The van der Waals surface area contributed by atoms with Crippen molar-refractivity contribution >= 4 is 21.9 Å². The molecule has 4 unspecified atom stereocenters. The lowest BCUT2D eigenvalue weighted by molar-refractivity contribution is -1.11. The smallest absolute Gasteiger partial charge is 0.189 e. The number of thioether (sulfide) groups is 1. The van der Waals surface area contributed by atoms with Crippen molar-refractivity contribution in [3.63, 3.8) is 0 Å². The molecule has 0 bridgehead atoms. The number of hydrogen-bond acceptors (Lipinski definition) is 4. The van der Waals surface area contributed by atoms with Crippen LogP contribution in [0.3, 0.4) is 0 Å². The Morgan fingerprint density at radius 3 is 2.37 bits per heavy atom. The van der Waals surface area contributed by atoms with E-state index in [4.69, 9.17) is 4.28 Å². The van der Waals surface area contributed by atoms with E-state index in [-0.39, 0.29) is 21.0 Å². The van der Waals surface area contributed by atoms with Crippen LogP contribution in [0.25, 0.3) is 0 Å². The van der Waals surface area contributed by atoms with Crippen LogP contribution in [0.1, 0.15) is 51.0 Å². The first kappa shape index (κ1) is 21.9. The van der Waals surface area contributed by atoms with Gasteiger partial charge in [-0.25, -0.2) is 0 Å². The number of benzene rings is 2. The quantitative estimate of drug-likeness (QED) is 0.516. The van der Waals surface area contributed by atoms with E-state index in [0.29, 0.717) is 12.5 Å². The van der Waals surface area contributed by atoms with Gasteiger partial charge in [0.25, 0.3) is 0 Å². The van der Waals surface area contributed by atoms with Gasteiger partial charge in [-0.1, -0.05) is 58.4 Å². The van der Waals surface area contributed by atoms with Crippen molar-refractivity contribution in [2.45, 2.75) is 73.6 Å². The molecule has 0 N–H and O–H groups in total. The van der Waals surface area contributed by atoms with Crippen LogP contribution in [0.5, 0.6) is 0 Å². The van der Waals surface area contributed by atoms with Crippen LogP contribution in [0.15, 0.2) is 64.4 Å². The van der Waals surface area contributed by atoms with Gasteiger partial charge in [0.15, 0.2) is 5.37 Å². The molecule has 1 aliphatic carbocycles. The summed E-state index contributed by atoms with van der Waals surface area (Å²) in [4.78, 5) is 1.42. The Balaban J connectivity index is 1.72. The summed E-state index contributed by atoms with van der Waals surface area (Å²) in [5.74, 6) is 0.541. The van der Waals surface area contributed by atoms with E-state index in [2.05, 4.69) is 19.1 Å². The van der Waals surface area contributed by atoms with Gasteiger partial charge in [-0.2, -0.15) is 8.42 Å². The van der Waals surface area contributed by atoms with E-state index in [9.17, 15) is 8.42 Å². The van der Waals surface area contributed by atoms with Crippen LogP contribution in [0.4, 0.5) is 0 Å². The van der Waals surface area contributed by atoms with Crippen molar-refractivity contribution in [2.24, 2.45) is 5.92 Å². The van der Waals surface area contributed by atoms with Gasteiger partial charge in [0, 0.05) is 23.7 Å². The Bertz CT molecular complexity index is 946. The lowest BCUT2D eigenvalue weighted by Gasteiger charge is -2.52. The molecule has 2 aromatic rings. The zero-order valence-electron chi connectivity index (χ0n) is 17.9. The summed E-state index contributed by atoms with van der Waals surface area (Å²) in [5, 5.41) is 0.0666. The first-order valence-electron chi connectivity index (χ1n) is 11.1. The Morgan fingerprint density at radius 1 is 0.967 bits per heavy atom. The second-order valence-corrected chi connectivity index (χ2v) is 11.4. The van der Waals surface area contributed by atoms with Crippen LogP contribution >= 0.6 is 11.8 Å². The van der Waals surface area contributed by atoms with Crippen molar-refractivity contribution in [1.82, 2.24) is 0 Å². The SMILES string of the molecule is CC[N+]1(OS(=O)(=O)c2ccc(C)cc2)C(Sc2ccccc2)CCC2CCCCC21. The number of piperidine rings is 1. The standard InChI is InChI=1S/C24H32NO3S2/c1-3-25(28-30(26,27)22-16-13-19(2)14-17-22)23-12-8-7-9-20(23)15-18-24(25)29-21-10-5-4-6-11-21/h4-6,10-11,13-14,16-17,20,23-24H,3,7-9,12,15,18H2,1-2H3/q+1. The van der Waals surface area contributed by atoms with Gasteiger partial charge in [-0.15, -0.1) is 4.65 Å². The first-order valence-corrected chi connectivity index (χ1v) is 13.4. The number of quaternary nitrogens is 1. The second kappa shape index (κ2) is 9.03. The highest BCUT2D eigenvalue weighted by Gasteiger charge is 2.55. The Kier molecular flexibility index (Phi) is 6.58. The zero-order valence-corrected chi connectivity index (χ0v) is 19.5. The molecule has 2 aliphatic rings. The summed E-state index contributed by atoms with van der Waals surface area (Å²) < 4.78 is 33.3. The molecule has 1 heterocycles. The van der Waals surface area contributed by atoms with Crippen molar-refractivity contribution in [3.8, 4) is 0 Å². The normalized spacial score (nSPS) is 29.3. The zero-order chi connectivity index (χ0) is 21.2. The predicted octanol–water partition coefficient (Wildman–Crippen LogP) is 5.92. The van der Waals surface area contributed by atoms with Crippen LogP contribution < -0.4 is 0 Å². The minimum atomic E-state index is -3.86. The fourth-order valence-corrected chi connectivity index (χ4v) is 7.92. The maximum absolute atomic E-state index is 13.4. The van der Waals surface area contributed by atoms with Gasteiger partial charge < -0.3 is 0 Å². The fraction of sp³-hybridized carbons (Fsp3) is 0.500. The fourth-order valence-electron chi connectivity index (χ4n) is 5.22. The number of hydroxylamine groups is 3. The summed E-state index contributed by atoms with van der Waals surface area (Å²) >= 11 is 1.77. The van der Waals surface area contributed by atoms with Crippen molar-refractivity contribution in [3.05, 3.63) is 60.2 Å². The molecule has 1 saturated heterocycles. The van der Waals surface area contributed by atoms with Crippen molar-refractivity contribution in [2.75, 3.05) is 6.54 Å². The molecular formula is C24H32NO3S2+. The number of fused-ring (bicyclic) bond motifs is 1. The maximum atomic E-state index is 13.4. The van der Waals surface area contributed by atoms with Crippen LogP contribution in [-0.4, -0.2) is 31.0 Å². The van der Waals surface area contributed by atoms with Gasteiger partial charge in [0.1, 0.15) is 12.6 Å². The summed E-state index contributed by atoms with van der Waals surface area (Å²) in [7, 11) is -3.86. The van der Waals surface area contributed by atoms with E-state index in [0.717, 1.165) is 31.2 Å². The van der Waals surface area contributed by atoms with Crippen LogP contribution in [-0.2, 0) is 14.4 Å². The molecule has 1 saturated carbocycles. The molecule has 4 nitrogen and oxygen atoms in total. The number of hydrogen-bond donors (Lipinski definition) is 0. The number of likely N-dealkylation sites (tertiary alicyclic amines) is 1. The van der Waals surface area contributed by atoms with Gasteiger partial charge >= 0.3 is 10.1 Å². The Labute approximate surface area is 185 Å². The summed E-state index contributed by atoms with van der Waals surface area (Å²) in [6.45, 7) is 4.69. The lowest BCUT2D eigenvalue weighted by atomic mass is 9.78. The molecule has 4 rings (SSSR count). The molecule has 6 heteroatoms. The molecule has 4 atom stereocenters. The molecule has 30 heavy (non-hydrogen) atoms. The highest BCUT2D eigenvalue weighted by atomic mass is 32.2. The lowest BCUT2D eigenvalue weighted by Crippen LogP contribution is -2.66. The Hall–Kier alpha value is -1.34. The molecule has 2 fully saturated rings. The van der Waals surface area contributed by atoms with Gasteiger partial charge in [-0.05, 0) is 57.4 Å². The monoisotopic (exact) mass is 446 g/mol.